The van der Waals surface area contributed by atoms with E-state index in [1.54, 1.807) is 0 Å². The van der Waals surface area contributed by atoms with Crippen LogP contribution in [0.15, 0.2) is 36.4 Å². The van der Waals surface area contributed by atoms with Gasteiger partial charge >= 0.3 is 0 Å². The minimum Gasteiger partial charge on any atom is -0.296 e. The maximum absolute atomic E-state index is 4.76. The van der Waals surface area contributed by atoms with Crippen molar-refractivity contribution in [2.75, 3.05) is 0 Å². The highest BCUT2D eigenvalue weighted by Gasteiger charge is 2.11. The Balaban J connectivity index is 2.36. The third-order valence-corrected chi connectivity index (χ3v) is 3.60. The molecule has 3 rings (SSSR count). The van der Waals surface area contributed by atoms with E-state index in [9.17, 15) is 0 Å². The molecule has 3 aromatic rings. The summed E-state index contributed by atoms with van der Waals surface area (Å²) in [6, 6.07) is 15.6. The first-order valence-corrected chi connectivity index (χ1v) is 6.65. The van der Waals surface area contributed by atoms with Crippen LogP contribution in [-0.2, 0) is 6.42 Å². The summed E-state index contributed by atoms with van der Waals surface area (Å²) in [6.07, 6.45) is 0.918. The highest BCUT2D eigenvalue weighted by molar-refractivity contribution is 5.80. The molecule has 0 unspecified atom stereocenters. The Bertz CT molecular complexity index is 724. The van der Waals surface area contributed by atoms with Crippen LogP contribution < -0.4 is 0 Å². The Kier molecular flexibility index (Phi) is 2.86. The molecule has 2 heteroatoms. The Hall–Kier alpha value is -2.09. The summed E-state index contributed by atoms with van der Waals surface area (Å²) in [7, 11) is 0. The largest absolute Gasteiger partial charge is 0.296 e. The predicted molar refractivity (Wildman–Crippen MR) is 78.8 cm³/mol. The van der Waals surface area contributed by atoms with Gasteiger partial charge in [-0.25, -0.2) is 4.98 Å². The summed E-state index contributed by atoms with van der Waals surface area (Å²) in [5.74, 6) is 1.10. The Labute approximate surface area is 113 Å². The van der Waals surface area contributed by atoms with E-state index in [0.29, 0.717) is 0 Å². The minimum atomic E-state index is 0.918. The first kappa shape index (κ1) is 12.0. The van der Waals surface area contributed by atoms with Crippen molar-refractivity contribution in [1.29, 1.82) is 0 Å². The summed E-state index contributed by atoms with van der Waals surface area (Å²) in [6.45, 7) is 6.43. The van der Waals surface area contributed by atoms with Crippen molar-refractivity contribution in [3.05, 3.63) is 59.4 Å². The predicted octanol–water partition coefficient (Wildman–Crippen LogP) is 4.00. The third-order valence-electron chi connectivity index (χ3n) is 3.60. The molecule has 0 aliphatic heterocycles. The number of imidazole rings is 1. The first-order valence-electron chi connectivity index (χ1n) is 6.65. The summed E-state index contributed by atoms with van der Waals surface area (Å²) in [4.78, 5) is 4.76. The maximum atomic E-state index is 4.76. The zero-order valence-electron chi connectivity index (χ0n) is 11.6. The fourth-order valence-corrected chi connectivity index (χ4v) is 2.43. The van der Waals surface area contributed by atoms with Crippen molar-refractivity contribution in [3.8, 4) is 5.69 Å². The van der Waals surface area contributed by atoms with Crippen LogP contribution in [0.3, 0.4) is 0 Å². The van der Waals surface area contributed by atoms with Crippen LogP contribution in [0.2, 0.25) is 0 Å². The van der Waals surface area contributed by atoms with Crippen LogP contribution in [0.1, 0.15) is 23.9 Å². The molecule has 0 N–H and O–H groups in total. The van der Waals surface area contributed by atoms with Gasteiger partial charge in [-0.05, 0) is 55.3 Å². The molecule has 0 fully saturated rings. The number of hydrogen-bond acceptors (Lipinski definition) is 1. The smallest absolute Gasteiger partial charge is 0.114 e. The Morgan fingerprint density at radius 2 is 2.00 bits per heavy atom. The topological polar surface area (TPSA) is 17.8 Å². The highest BCUT2D eigenvalue weighted by atomic mass is 15.1. The quantitative estimate of drug-likeness (QED) is 0.671. The number of rotatable bonds is 2. The molecule has 0 saturated heterocycles. The number of hydrogen-bond donors (Lipinski definition) is 0. The molecule has 0 saturated carbocycles. The number of aryl methyl sites for hydroxylation is 3. The lowest BCUT2D eigenvalue weighted by molar-refractivity contribution is 0.908. The van der Waals surface area contributed by atoms with Gasteiger partial charge in [0, 0.05) is 12.1 Å². The first-order chi connectivity index (χ1) is 9.20. The average molecular weight is 249 g/mol. The van der Waals surface area contributed by atoms with Crippen LogP contribution in [0, 0.1) is 19.9 Å². The molecule has 0 aliphatic carbocycles. The molecule has 2 aromatic carbocycles. The van der Waals surface area contributed by atoms with E-state index in [1.165, 1.54) is 16.6 Å². The molecule has 0 bridgehead atoms. The second kappa shape index (κ2) is 4.54. The van der Waals surface area contributed by atoms with Gasteiger partial charge in [-0.2, -0.15) is 0 Å². The van der Waals surface area contributed by atoms with Crippen molar-refractivity contribution in [2.24, 2.45) is 0 Å². The SMILES string of the molecule is CCc1nc2cc(C)c(C)cc2n1-c1c[c]ccc1. The van der Waals surface area contributed by atoms with E-state index in [2.05, 4.69) is 49.6 Å². The average Bonchev–Trinajstić information content (AvgIpc) is 2.78. The summed E-state index contributed by atoms with van der Waals surface area (Å²) >= 11 is 0. The molecular weight excluding hydrogens is 232 g/mol. The van der Waals surface area contributed by atoms with Gasteiger partial charge < -0.3 is 0 Å². The molecule has 0 amide bonds. The van der Waals surface area contributed by atoms with Gasteiger partial charge in [0.05, 0.1) is 11.0 Å². The van der Waals surface area contributed by atoms with Gasteiger partial charge in [0.2, 0.25) is 0 Å². The highest BCUT2D eigenvalue weighted by Crippen LogP contribution is 2.24. The number of benzene rings is 2. The Morgan fingerprint density at radius 3 is 2.68 bits per heavy atom. The van der Waals surface area contributed by atoms with Gasteiger partial charge in [0.1, 0.15) is 5.82 Å². The van der Waals surface area contributed by atoms with Crippen molar-refractivity contribution >= 4 is 11.0 Å². The summed E-state index contributed by atoms with van der Waals surface area (Å²) < 4.78 is 2.23. The molecule has 0 aliphatic rings. The van der Waals surface area contributed by atoms with Crippen molar-refractivity contribution in [3.63, 3.8) is 0 Å². The van der Waals surface area contributed by atoms with Crippen molar-refractivity contribution < 1.29 is 0 Å². The van der Waals surface area contributed by atoms with Crippen LogP contribution >= 0.6 is 0 Å². The van der Waals surface area contributed by atoms with Gasteiger partial charge in [0.15, 0.2) is 0 Å². The lowest BCUT2D eigenvalue weighted by Crippen LogP contribution is -1.99. The molecular formula is C17H17N2. The van der Waals surface area contributed by atoms with Crippen LogP contribution in [-0.4, -0.2) is 9.55 Å². The van der Waals surface area contributed by atoms with Gasteiger partial charge in [0.25, 0.3) is 0 Å². The molecule has 1 aromatic heterocycles. The van der Waals surface area contributed by atoms with Crippen molar-refractivity contribution in [2.45, 2.75) is 27.2 Å². The normalized spacial score (nSPS) is 11.1. The number of nitrogens with zero attached hydrogens (tertiary/aromatic N) is 2. The summed E-state index contributed by atoms with van der Waals surface area (Å²) in [5.41, 5.74) is 5.98. The lowest BCUT2D eigenvalue weighted by Gasteiger charge is -2.08. The molecule has 95 valence electrons. The monoisotopic (exact) mass is 249 g/mol. The standard InChI is InChI=1S/C17H17N2/c1-4-17-18-15-10-12(2)13(3)11-16(15)19(17)14-8-6-5-7-9-14/h5-6,8-11H,4H2,1-3H3. The second-order valence-corrected chi connectivity index (χ2v) is 4.90. The van der Waals surface area contributed by atoms with E-state index >= 15 is 0 Å². The fraction of sp³-hybridized carbons (Fsp3) is 0.235. The van der Waals surface area contributed by atoms with Gasteiger partial charge in [-0.3, -0.25) is 4.57 Å². The van der Waals surface area contributed by atoms with E-state index in [1.807, 2.05) is 18.2 Å². The van der Waals surface area contributed by atoms with Gasteiger partial charge in [-0.1, -0.05) is 19.1 Å². The van der Waals surface area contributed by atoms with Crippen LogP contribution in [0.5, 0.6) is 0 Å². The van der Waals surface area contributed by atoms with E-state index in [-0.39, 0.29) is 0 Å². The van der Waals surface area contributed by atoms with Crippen LogP contribution in [0.25, 0.3) is 16.7 Å². The van der Waals surface area contributed by atoms with E-state index in [0.717, 1.165) is 23.4 Å². The zero-order chi connectivity index (χ0) is 13.4. The van der Waals surface area contributed by atoms with Gasteiger partial charge in [-0.15, -0.1) is 0 Å². The fourth-order valence-electron chi connectivity index (χ4n) is 2.43. The molecule has 0 atom stereocenters. The molecule has 2 nitrogen and oxygen atoms in total. The number of fused-ring (bicyclic) bond motifs is 1. The lowest BCUT2D eigenvalue weighted by atomic mass is 10.1. The zero-order valence-corrected chi connectivity index (χ0v) is 11.6. The molecule has 19 heavy (non-hydrogen) atoms. The maximum Gasteiger partial charge on any atom is 0.114 e. The number of aromatic nitrogens is 2. The van der Waals surface area contributed by atoms with Crippen molar-refractivity contribution in [1.82, 2.24) is 9.55 Å². The second-order valence-electron chi connectivity index (χ2n) is 4.90. The molecule has 1 radical (unpaired) electrons. The van der Waals surface area contributed by atoms with E-state index in [4.69, 9.17) is 4.98 Å². The summed E-state index contributed by atoms with van der Waals surface area (Å²) in [5, 5.41) is 0. The molecule has 1 heterocycles. The molecule has 0 spiro atoms. The Morgan fingerprint density at radius 1 is 1.21 bits per heavy atom. The van der Waals surface area contributed by atoms with E-state index < -0.39 is 0 Å². The van der Waals surface area contributed by atoms with Crippen LogP contribution in [0.4, 0.5) is 0 Å². The minimum absolute atomic E-state index is 0.918. The third kappa shape index (κ3) is 1.93.